The molecule has 6 N–H and O–H groups in total. The molecule has 1 rings (SSSR count). The molecule has 7 atom stereocenters. The number of carbonyl (C=O) groups is 1. The van der Waals surface area contributed by atoms with Crippen LogP contribution in [0.1, 0.15) is 174 Å². The first-order valence-electron chi connectivity index (χ1n) is 23.8. The van der Waals surface area contributed by atoms with Crippen molar-refractivity contribution in [1.82, 2.24) is 5.32 Å². The third-order valence-corrected chi connectivity index (χ3v) is 10.7. The van der Waals surface area contributed by atoms with Gasteiger partial charge in [-0.25, -0.2) is 0 Å². The van der Waals surface area contributed by atoms with Crippen molar-refractivity contribution in [2.24, 2.45) is 0 Å². The summed E-state index contributed by atoms with van der Waals surface area (Å²) < 4.78 is 11.2. The predicted octanol–water partition coefficient (Wildman–Crippen LogP) is 10.3. The summed E-state index contributed by atoms with van der Waals surface area (Å²) in [5.74, 6) is -0.274. The van der Waals surface area contributed by atoms with Gasteiger partial charge in [0.1, 0.15) is 24.4 Å². The number of unbranched alkanes of at least 4 members (excludes halogenated alkanes) is 16. The normalized spacial score (nSPS) is 21.4. The summed E-state index contributed by atoms with van der Waals surface area (Å²) in [7, 11) is 0. The summed E-state index contributed by atoms with van der Waals surface area (Å²) in [6, 6.07) is -0.870. The van der Waals surface area contributed by atoms with Gasteiger partial charge in [-0.05, 0) is 70.6 Å². The third-order valence-electron chi connectivity index (χ3n) is 10.7. The van der Waals surface area contributed by atoms with E-state index in [2.05, 4.69) is 79.9 Å². The lowest BCUT2D eigenvalue weighted by atomic mass is 9.99. The van der Waals surface area contributed by atoms with Crippen molar-refractivity contribution in [1.29, 1.82) is 0 Å². The number of allylic oxidation sites excluding steroid dienone is 13. The molecule has 7 unspecified atom stereocenters. The first-order valence-corrected chi connectivity index (χ1v) is 23.8. The van der Waals surface area contributed by atoms with Crippen LogP contribution in [0, 0.1) is 0 Å². The minimum absolute atomic E-state index is 0.209. The van der Waals surface area contributed by atoms with Crippen LogP contribution in [-0.4, -0.2) is 87.5 Å². The first kappa shape index (κ1) is 55.4. The molecule has 9 nitrogen and oxygen atoms in total. The Kier molecular flexibility index (Phi) is 37.3. The van der Waals surface area contributed by atoms with Gasteiger partial charge in [0.2, 0.25) is 5.91 Å². The van der Waals surface area contributed by atoms with Crippen molar-refractivity contribution in [3.05, 3.63) is 85.1 Å². The number of aliphatic hydroxyl groups is 5. The van der Waals surface area contributed by atoms with Crippen molar-refractivity contribution >= 4 is 5.91 Å². The molecule has 60 heavy (non-hydrogen) atoms. The third kappa shape index (κ3) is 30.4. The lowest BCUT2D eigenvalue weighted by Gasteiger charge is -2.40. The second-order valence-electron chi connectivity index (χ2n) is 16.1. The van der Waals surface area contributed by atoms with E-state index in [1.165, 1.54) is 89.9 Å². The van der Waals surface area contributed by atoms with Gasteiger partial charge in [-0.1, -0.05) is 182 Å². The van der Waals surface area contributed by atoms with Gasteiger partial charge in [-0.3, -0.25) is 4.79 Å². The molecule has 0 radical (unpaired) electrons. The van der Waals surface area contributed by atoms with E-state index in [0.717, 1.165) is 51.4 Å². The van der Waals surface area contributed by atoms with Crippen LogP contribution >= 0.6 is 0 Å². The zero-order valence-electron chi connectivity index (χ0n) is 37.7. The van der Waals surface area contributed by atoms with Crippen molar-refractivity contribution in [2.75, 3.05) is 13.2 Å². The van der Waals surface area contributed by atoms with Gasteiger partial charge in [0.15, 0.2) is 6.29 Å². The number of carbonyl (C=O) groups excluding carboxylic acids is 1. The molecule has 0 spiro atoms. The molecule has 0 saturated carbocycles. The lowest BCUT2D eigenvalue weighted by molar-refractivity contribution is -0.302. The van der Waals surface area contributed by atoms with Gasteiger partial charge in [0, 0.05) is 6.42 Å². The Balaban J connectivity index is 2.38. The minimum Gasteiger partial charge on any atom is -0.394 e. The van der Waals surface area contributed by atoms with Gasteiger partial charge in [0.25, 0.3) is 0 Å². The molecule has 1 heterocycles. The number of nitrogens with one attached hydrogen (secondary N) is 1. The molecule has 0 aromatic carbocycles. The summed E-state index contributed by atoms with van der Waals surface area (Å²) in [5.41, 5.74) is 0. The average molecular weight is 842 g/mol. The SMILES string of the molecule is CC/C=C\C/C=C\C/C=C\C/C=C\CCC(=O)NC(COC1OC(CO)C(O)C(O)C1O)C(O)/C=C/CC/C=C/CC/C=C/CCCCCCCCCCCCCCCC. The highest BCUT2D eigenvalue weighted by molar-refractivity contribution is 5.76. The maximum absolute atomic E-state index is 12.9. The number of hydrogen-bond acceptors (Lipinski definition) is 8. The zero-order chi connectivity index (χ0) is 43.7. The molecule has 1 fully saturated rings. The number of aliphatic hydroxyl groups excluding tert-OH is 5. The van der Waals surface area contributed by atoms with Crippen molar-refractivity contribution < 1.29 is 39.8 Å². The van der Waals surface area contributed by atoms with Gasteiger partial charge < -0.3 is 40.3 Å². The summed E-state index contributed by atoms with van der Waals surface area (Å²) in [6.07, 6.45) is 49.4. The van der Waals surface area contributed by atoms with E-state index in [4.69, 9.17) is 9.47 Å². The van der Waals surface area contributed by atoms with Crippen LogP contribution < -0.4 is 5.32 Å². The molecule has 9 heteroatoms. The van der Waals surface area contributed by atoms with Crippen LogP contribution in [0.15, 0.2) is 85.1 Å². The van der Waals surface area contributed by atoms with E-state index in [1.807, 2.05) is 18.2 Å². The van der Waals surface area contributed by atoms with Gasteiger partial charge in [0.05, 0.1) is 25.4 Å². The highest BCUT2D eigenvalue weighted by Gasteiger charge is 2.44. The number of rotatable bonds is 38. The van der Waals surface area contributed by atoms with Gasteiger partial charge >= 0.3 is 0 Å². The zero-order valence-corrected chi connectivity index (χ0v) is 37.7. The predicted molar refractivity (Wildman–Crippen MR) is 248 cm³/mol. The molecule has 0 aromatic heterocycles. The molecule has 0 bridgehead atoms. The van der Waals surface area contributed by atoms with Crippen molar-refractivity contribution in [2.45, 2.75) is 217 Å². The van der Waals surface area contributed by atoms with Gasteiger partial charge in [-0.15, -0.1) is 0 Å². The van der Waals surface area contributed by atoms with E-state index in [9.17, 15) is 30.3 Å². The topological polar surface area (TPSA) is 149 Å². The summed E-state index contributed by atoms with van der Waals surface area (Å²) in [6.45, 7) is 3.57. The maximum Gasteiger partial charge on any atom is 0.220 e. The fourth-order valence-corrected chi connectivity index (χ4v) is 6.90. The monoisotopic (exact) mass is 842 g/mol. The Morgan fingerprint density at radius 3 is 1.58 bits per heavy atom. The molecular weight excluding hydrogens is 755 g/mol. The molecule has 0 aromatic rings. The molecule has 0 aliphatic carbocycles. The Labute approximate surface area is 365 Å². The summed E-state index contributed by atoms with van der Waals surface area (Å²) in [5, 5.41) is 54.1. The Morgan fingerprint density at radius 2 is 1.05 bits per heavy atom. The molecule has 1 aliphatic heterocycles. The van der Waals surface area contributed by atoms with Crippen LogP contribution in [0.3, 0.4) is 0 Å². The molecule has 1 saturated heterocycles. The summed E-state index contributed by atoms with van der Waals surface area (Å²) in [4.78, 5) is 12.9. The van der Waals surface area contributed by atoms with Crippen molar-refractivity contribution in [3.63, 3.8) is 0 Å². The number of ether oxygens (including phenoxy) is 2. The highest BCUT2D eigenvalue weighted by Crippen LogP contribution is 2.22. The van der Waals surface area contributed by atoms with Crippen LogP contribution in [0.5, 0.6) is 0 Å². The van der Waals surface area contributed by atoms with E-state index in [0.29, 0.717) is 12.8 Å². The molecule has 1 amide bonds. The number of hydrogen-bond donors (Lipinski definition) is 6. The number of amides is 1. The molecular formula is C51H87NO8. The Morgan fingerprint density at radius 1 is 0.583 bits per heavy atom. The standard InChI is InChI=1S/C51H87NO8/c1-3-5-7-9-11-13-15-17-18-19-20-21-22-23-24-25-26-27-29-30-32-34-36-38-40-45(54)44(43-59-51-50(58)49(57)48(56)46(42-53)60-51)52-47(55)41-39-37-35-33-31-28-16-14-12-10-8-6-4-2/h6,8,12,14,25-26,28,30-32,35,37-38,40,44-46,48-51,53-54,56-58H,3-5,7,9-11,13,15-24,27,29,33-34,36,39,41-43H2,1-2H3,(H,52,55)/b8-6-,14-12-,26-25+,31-28-,32-30+,37-35-,40-38+. The molecule has 1 aliphatic rings. The average Bonchev–Trinajstić information content (AvgIpc) is 3.25. The Bertz CT molecular complexity index is 1210. The van der Waals surface area contributed by atoms with E-state index < -0.39 is 49.5 Å². The smallest absolute Gasteiger partial charge is 0.220 e. The fraction of sp³-hybridized carbons (Fsp3) is 0.706. The fourth-order valence-electron chi connectivity index (χ4n) is 6.90. The Hall–Kier alpha value is -2.63. The second kappa shape index (κ2) is 40.4. The lowest BCUT2D eigenvalue weighted by Crippen LogP contribution is -2.60. The van der Waals surface area contributed by atoms with E-state index in [1.54, 1.807) is 6.08 Å². The van der Waals surface area contributed by atoms with Crippen LogP contribution in [-0.2, 0) is 14.3 Å². The van der Waals surface area contributed by atoms with E-state index in [-0.39, 0.29) is 18.9 Å². The van der Waals surface area contributed by atoms with Crippen molar-refractivity contribution in [3.8, 4) is 0 Å². The second-order valence-corrected chi connectivity index (χ2v) is 16.1. The van der Waals surface area contributed by atoms with E-state index >= 15 is 0 Å². The largest absolute Gasteiger partial charge is 0.394 e. The van der Waals surface area contributed by atoms with Crippen LogP contribution in [0.4, 0.5) is 0 Å². The van der Waals surface area contributed by atoms with Crippen LogP contribution in [0.2, 0.25) is 0 Å². The van der Waals surface area contributed by atoms with Gasteiger partial charge in [-0.2, -0.15) is 0 Å². The first-order chi connectivity index (χ1) is 29.3. The summed E-state index contributed by atoms with van der Waals surface area (Å²) >= 11 is 0. The molecule has 344 valence electrons. The maximum atomic E-state index is 12.9. The quantitative estimate of drug-likeness (QED) is 0.0266. The van der Waals surface area contributed by atoms with Crippen LogP contribution in [0.25, 0.3) is 0 Å². The highest BCUT2D eigenvalue weighted by atomic mass is 16.7. The minimum atomic E-state index is -1.59.